The summed E-state index contributed by atoms with van der Waals surface area (Å²) in [4.78, 5) is 0. The lowest BCUT2D eigenvalue weighted by atomic mass is 9.89. The highest BCUT2D eigenvalue weighted by Gasteiger charge is 2.27. The van der Waals surface area contributed by atoms with Crippen LogP contribution < -0.4 is 5.32 Å². The highest BCUT2D eigenvalue weighted by atomic mass is 16.5. The average Bonchev–Trinajstić information content (AvgIpc) is 2.88. The number of aromatic nitrogens is 2. The molecular weight excluding hydrogens is 274 g/mol. The molecule has 22 heavy (non-hydrogen) atoms. The van der Waals surface area contributed by atoms with E-state index in [0.29, 0.717) is 5.92 Å². The summed E-state index contributed by atoms with van der Waals surface area (Å²) >= 11 is 0. The maximum absolute atomic E-state index is 6.05. The molecule has 1 aromatic heterocycles. The van der Waals surface area contributed by atoms with E-state index in [2.05, 4.69) is 59.7 Å². The molecule has 3 rings (SSSR count). The molecule has 0 aliphatic carbocycles. The van der Waals surface area contributed by atoms with Gasteiger partial charge in [0.25, 0.3) is 0 Å². The Kier molecular flexibility index (Phi) is 4.90. The van der Waals surface area contributed by atoms with Gasteiger partial charge in [0.05, 0.1) is 11.8 Å². The van der Waals surface area contributed by atoms with Crippen LogP contribution in [0.3, 0.4) is 0 Å². The minimum absolute atomic E-state index is 0.217. The van der Waals surface area contributed by atoms with E-state index in [1.807, 2.05) is 0 Å². The first kappa shape index (κ1) is 15.3. The summed E-state index contributed by atoms with van der Waals surface area (Å²) in [6.45, 7) is 6.84. The molecule has 0 amide bonds. The standard InChI is InChI=1S/C18H25N3O/c1-13-17(14(2)21-20-13)12-19-11-16-9-6-10-22-18(16)15-7-4-3-5-8-15/h3-5,7-8,16,18-19H,6,9-12H2,1-2H3,(H,20,21). The molecule has 1 aromatic carbocycles. The van der Waals surface area contributed by atoms with Crippen molar-refractivity contribution in [2.75, 3.05) is 13.2 Å². The lowest BCUT2D eigenvalue weighted by Crippen LogP contribution is -2.31. The number of aryl methyl sites for hydroxylation is 2. The monoisotopic (exact) mass is 299 g/mol. The first-order valence-electron chi connectivity index (χ1n) is 8.13. The van der Waals surface area contributed by atoms with Crippen molar-refractivity contribution in [1.82, 2.24) is 15.5 Å². The molecule has 0 bridgehead atoms. The summed E-state index contributed by atoms with van der Waals surface area (Å²) in [5.41, 5.74) is 4.83. The van der Waals surface area contributed by atoms with Gasteiger partial charge in [-0.1, -0.05) is 30.3 Å². The Labute approximate surface area is 132 Å². The summed E-state index contributed by atoms with van der Waals surface area (Å²) in [6.07, 6.45) is 2.59. The third-order valence-corrected chi connectivity index (χ3v) is 4.56. The van der Waals surface area contributed by atoms with Crippen LogP contribution in [0.2, 0.25) is 0 Å². The van der Waals surface area contributed by atoms with Crippen LogP contribution in [0.15, 0.2) is 30.3 Å². The Morgan fingerprint density at radius 1 is 1.27 bits per heavy atom. The number of hydrogen-bond acceptors (Lipinski definition) is 3. The van der Waals surface area contributed by atoms with Crippen LogP contribution >= 0.6 is 0 Å². The van der Waals surface area contributed by atoms with E-state index < -0.39 is 0 Å². The molecular formula is C18H25N3O. The predicted molar refractivity (Wildman–Crippen MR) is 87.6 cm³/mol. The number of benzene rings is 1. The second-order valence-corrected chi connectivity index (χ2v) is 6.15. The molecule has 2 N–H and O–H groups in total. The summed E-state index contributed by atoms with van der Waals surface area (Å²) in [7, 11) is 0. The van der Waals surface area contributed by atoms with Crippen molar-refractivity contribution in [3.63, 3.8) is 0 Å². The van der Waals surface area contributed by atoms with Crippen molar-refractivity contribution in [2.24, 2.45) is 5.92 Å². The van der Waals surface area contributed by atoms with Gasteiger partial charge in [0, 0.05) is 36.9 Å². The summed E-state index contributed by atoms with van der Waals surface area (Å²) in [6, 6.07) is 10.6. The fourth-order valence-electron chi connectivity index (χ4n) is 3.28. The van der Waals surface area contributed by atoms with Crippen LogP contribution in [-0.2, 0) is 11.3 Å². The zero-order chi connectivity index (χ0) is 15.4. The van der Waals surface area contributed by atoms with Gasteiger partial charge in [-0.05, 0) is 32.3 Å². The molecule has 1 saturated heterocycles. The van der Waals surface area contributed by atoms with Crippen molar-refractivity contribution < 1.29 is 4.74 Å². The molecule has 0 spiro atoms. The minimum atomic E-state index is 0.217. The molecule has 0 saturated carbocycles. The topological polar surface area (TPSA) is 49.9 Å². The first-order chi connectivity index (χ1) is 10.8. The third-order valence-electron chi connectivity index (χ3n) is 4.56. The molecule has 4 heteroatoms. The zero-order valence-electron chi connectivity index (χ0n) is 13.4. The number of hydrogen-bond donors (Lipinski definition) is 2. The summed E-state index contributed by atoms with van der Waals surface area (Å²) in [5, 5.41) is 10.9. The quantitative estimate of drug-likeness (QED) is 0.891. The van der Waals surface area contributed by atoms with Gasteiger partial charge in [0.2, 0.25) is 0 Å². The van der Waals surface area contributed by atoms with Crippen molar-refractivity contribution in [3.8, 4) is 0 Å². The highest BCUT2D eigenvalue weighted by molar-refractivity contribution is 5.23. The van der Waals surface area contributed by atoms with E-state index in [0.717, 1.165) is 37.5 Å². The van der Waals surface area contributed by atoms with Crippen LogP contribution in [0.5, 0.6) is 0 Å². The Bertz CT molecular complexity index is 574. The lowest BCUT2D eigenvalue weighted by molar-refractivity contribution is -0.0278. The van der Waals surface area contributed by atoms with E-state index in [1.165, 1.54) is 17.5 Å². The summed E-state index contributed by atoms with van der Waals surface area (Å²) < 4.78 is 6.05. The Balaban J connectivity index is 1.60. The van der Waals surface area contributed by atoms with E-state index in [9.17, 15) is 0 Å². The molecule has 2 atom stereocenters. The number of nitrogens with zero attached hydrogens (tertiary/aromatic N) is 1. The van der Waals surface area contributed by atoms with Gasteiger partial charge in [0.15, 0.2) is 0 Å². The first-order valence-corrected chi connectivity index (χ1v) is 8.13. The maximum Gasteiger partial charge on any atom is 0.0865 e. The van der Waals surface area contributed by atoms with Crippen molar-refractivity contribution in [1.29, 1.82) is 0 Å². The molecule has 2 aromatic rings. The smallest absolute Gasteiger partial charge is 0.0865 e. The second-order valence-electron chi connectivity index (χ2n) is 6.15. The van der Waals surface area contributed by atoms with Crippen molar-refractivity contribution >= 4 is 0 Å². The number of ether oxygens (including phenoxy) is 1. The molecule has 1 aliphatic heterocycles. The molecule has 118 valence electrons. The zero-order valence-corrected chi connectivity index (χ0v) is 13.4. The molecule has 1 fully saturated rings. The normalized spacial score (nSPS) is 21.9. The Morgan fingerprint density at radius 2 is 2.09 bits per heavy atom. The van der Waals surface area contributed by atoms with E-state index in [4.69, 9.17) is 4.74 Å². The van der Waals surface area contributed by atoms with Crippen molar-refractivity contribution in [3.05, 3.63) is 52.8 Å². The van der Waals surface area contributed by atoms with Gasteiger partial charge < -0.3 is 10.1 Å². The van der Waals surface area contributed by atoms with Gasteiger partial charge in [0.1, 0.15) is 0 Å². The van der Waals surface area contributed by atoms with Crippen LogP contribution in [-0.4, -0.2) is 23.3 Å². The number of aromatic amines is 1. The van der Waals surface area contributed by atoms with E-state index in [1.54, 1.807) is 0 Å². The van der Waals surface area contributed by atoms with E-state index >= 15 is 0 Å². The fourth-order valence-corrected chi connectivity index (χ4v) is 3.28. The van der Waals surface area contributed by atoms with Gasteiger partial charge >= 0.3 is 0 Å². The van der Waals surface area contributed by atoms with Gasteiger partial charge in [-0.3, -0.25) is 5.10 Å². The SMILES string of the molecule is Cc1n[nH]c(C)c1CNCC1CCCOC1c1ccccc1. The van der Waals surface area contributed by atoms with Crippen LogP contribution in [0, 0.1) is 19.8 Å². The Hall–Kier alpha value is -1.65. The average molecular weight is 299 g/mol. The molecule has 4 nitrogen and oxygen atoms in total. The van der Waals surface area contributed by atoms with Gasteiger partial charge in [-0.2, -0.15) is 5.10 Å². The largest absolute Gasteiger partial charge is 0.373 e. The molecule has 0 radical (unpaired) electrons. The third kappa shape index (κ3) is 3.39. The van der Waals surface area contributed by atoms with Crippen LogP contribution in [0.25, 0.3) is 0 Å². The number of rotatable bonds is 5. The molecule has 1 aliphatic rings. The van der Waals surface area contributed by atoms with Crippen LogP contribution in [0.4, 0.5) is 0 Å². The predicted octanol–water partition coefficient (Wildman–Crippen LogP) is 3.28. The number of H-pyrrole nitrogens is 1. The Morgan fingerprint density at radius 3 is 2.82 bits per heavy atom. The molecule has 2 heterocycles. The van der Waals surface area contributed by atoms with Crippen molar-refractivity contribution in [2.45, 2.75) is 39.3 Å². The fraction of sp³-hybridized carbons (Fsp3) is 0.500. The maximum atomic E-state index is 6.05. The number of nitrogens with one attached hydrogen (secondary N) is 2. The van der Waals surface area contributed by atoms with E-state index in [-0.39, 0.29) is 6.10 Å². The highest BCUT2D eigenvalue weighted by Crippen LogP contribution is 2.33. The molecule has 2 unspecified atom stereocenters. The van der Waals surface area contributed by atoms with Gasteiger partial charge in [-0.25, -0.2) is 0 Å². The summed E-state index contributed by atoms with van der Waals surface area (Å²) in [5.74, 6) is 0.531. The van der Waals surface area contributed by atoms with Crippen LogP contribution in [0.1, 0.15) is 41.5 Å². The second kappa shape index (κ2) is 7.07. The van der Waals surface area contributed by atoms with Gasteiger partial charge in [-0.15, -0.1) is 0 Å². The lowest BCUT2D eigenvalue weighted by Gasteiger charge is -2.32. The minimum Gasteiger partial charge on any atom is -0.373 e.